The third kappa shape index (κ3) is 5.55. The molecule has 0 aromatic carbocycles. The van der Waals surface area contributed by atoms with Crippen LogP contribution in [0.1, 0.15) is 22.5 Å². The number of hydrogen-bond donors (Lipinski definition) is 2. The standard InChI is InChI=1S/C15H20F3N3O3/c1-10-12(3-5-24-10)14(23)20-7-13(22)19-6-11-2-4-21(8-11)9-15(16,17)18/h3,5,11H,2,4,6-9H2,1H3,(H,19,22)(H,20,23)/t11-/m1/s1. The van der Waals surface area contributed by atoms with Crippen LogP contribution in [-0.2, 0) is 4.79 Å². The van der Waals surface area contributed by atoms with Gasteiger partial charge in [-0.25, -0.2) is 0 Å². The van der Waals surface area contributed by atoms with Crippen molar-refractivity contribution < 1.29 is 27.2 Å². The fourth-order valence-corrected chi connectivity index (χ4v) is 2.67. The minimum absolute atomic E-state index is 0.0110. The molecule has 1 aromatic heterocycles. The van der Waals surface area contributed by atoms with E-state index < -0.39 is 18.6 Å². The summed E-state index contributed by atoms with van der Waals surface area (Å²) >= 11 is 0. The Morgan fingerprint density at radius 1 is 1.38 bits per heavy atom. The van der Waals surface area contributed by atoms with Gasteiger partial charge in [0.05, 0.1) is 24.9 Å². The van der Waals surface area contributed by atoms with Crippen LogP contribution in [0.5, 0.6) is 0 Å². The third-order valence-electron chi connectivity index (χ3n) is 3.87. The molecule has 0 saturated carbocycles. The Kier molecular flexibility index (Phi) is 5.87. The second-order valence-electron chi connectivity index (χ2n) is 5.88. The fourth-order valence-electron chi connectivity index (χ4n) is 2.67. The monoisotopic (exact) mass is 347 g/mol. The van der Waals surface area contributed by atoms with E-state index in [9.17, 15) is 22.8 Å². The molecule has 2 amide bonds. The molecule has 2 N–H and O–H groups in total. The van der Waals surface area contributed by atoms with E-state index in [2.05, 4.69) is 10.6 Å². The molecule has 6 nitrogen and oxygen atoms in total. The van der Waals surface area contributed by atoms with Crippen LogP contribution in [0, 0.1) is 12.8 Å². The summed E-state index contributed by atoms with van der Waals surface area (Å²) in [6.45, 7) is 1.51. The predicted molar refractivity (Wildman–Crippen MR) is 79.4 cm³/mol. The molecule has 9 heteroatoms. The van der Waals surface area contributed by atoms with Crippen LogP contribution in [-0.4, -0.2) is 55.6 Å². The first-order valence-corrected chi connectivity index (χ1v) is 7.62. The highest BCUT2D eigenvalue weighted by Gasteiger charge is 2.34. The second-order valence-corrected chi connectivity index (χ2v) is 5.88. The fraction of sp³-hybridized carbons (Fsp3) is 0.600. The molecule has 0 bridgehead atoms. The van der Waals surface area contributed by atoms with Gasteiger partial charge in [-0.2, -0.15) is 13.2 Å². The number of furan rings is 1. The highest BCUT2D eigenvalue weighted by molar-refractivity contribution is 5.97. The summed E-state index contributed by atoms with van der Waals surface area (Å²) in [6, 6.07) is 1.51. The Labute approximate surface area is 137 Å². The average molecular weight is 347 g/mol. The summed E-state index contributed by atoms with van der Waals surface area (Å²) in [4.78, 5) is 24.9. The SMILES string of the molecule is Cc1occc1C(=O)NCC(=O)NC[C@H]1CCN(CC(F)(F)F)C1. The smallest absolute Gasteiger partial charge is 0.401 e. The normalized spacial score (nSPS) is 18.6. The number of alkyl halides is 3. The predicted octanol–water partition coefficient (Wildman–Crippen LogP) is 1.32. The summed E-state index contributed by atoms with van der Waals surface area (Å²) < 4.78 is 41.9. The zero-order valence-corrected chi connectivity index (χ0v) is 13.3. The minimum Gasteiger partial charge on any atom is -0.469 e. The van der Waals surface area contributed by atoms with Crippen LogP contribution in [0.25, 0.3) is 0 Å². The molecule has 1 fully saturated rings. The quantitative estimate of drug-likeness (QED) is 0.814. The van der Waals surface area contributed by atoms with Gasteiger partial charge >= 0.3 is 6.18 Å². The topological polar surface area (TPSA) is 74.6 Å². The number of carbonyl (C=O) groups is 2. The van der Waals surface area contributed by atoms with Crippen molar-refractivity contribution in [3.05, 3.63) is 23.7 Å². The van der Waals surface area contributed by atoms with Crippen molar-refractivity contribution in [3.8, 4) is 0 Å². The number of carbonyl (C=O) groups excluding carboxylic acids is 2. The van der Waals surface area contributed by atoms with Crippen LogP contribution in [0.4, 0.5) is 13.2 Å². The number of aryl methyl sites for hydroxylation is 1. The van der Waals surface area contributed by atoms with Gasteiger partial charge in [-0.05, 0) is 31.9 Å². The second kappa shape index (κ2) is 7.69. The van der Waals surface area contributed by atoms with E-state index in [1.165, 1.54) is 17.2 Å². The van der Waals surface area contributed by atoms with E-state index in [0.29, 0.717) is 37.4 Å². The van der Waals surface area contributed by atoms with Crippen molar-refractivity contribution in [2.24, 2.45) is 5.92 Å². The summed E-state index contributed by atoms with van der Waals surface area (Å²) in [5.74, 6) is -0.334. The van der Waals surface area contributed by atoms with Gasteiger partial charge in [0.1, 0.15) is 5.76 Å². The molecule has 0 unspecified atom stereocenters. The van der Waals surface area contributed by atoms with E-state index >= 15 is 0 Å². The number of halogens is 3. The van der Waals surface area contributed by atoms with Crippen molar-refractivity contribution in [1.29, 1.82) is 0 Å². The Bertz CT molecular complexity index is 586. The van der Waals surface area contributed by atoms with E-state index in [4.69, 9.17) is 4.42 Å². The van der Waals surface area contributed by atoms with E-state index in [1.54, 1.807) is 6.92 Å². The van der Waals surface area contributed by atoms with Gasteiger partial charge in [0.15, 0.2) is 0 Å². The van der Waals surface area contributed by atoms with Crippen molar-refractivity contribution in [3.63, 3.8) is 0 Å². The number of hydrogen-bond acceptors (Lipinski definition) is 4. The summed E-state index contributed by atoms with van der Waals surface area (Å²) in [5.41, 5.74) is 0.362. The molecular weight excluding hydrogens is 327 g/mol. The number of nitrogens with zero attached hydrogens (tertiary/aromatic N) is 1. The maximum atomic E-state index is 12.3. The van der Waals surface area contributed by atoms with E-state index in [1.807, 2.05) is 0 Å². The van der Waals surface area contributed by atoms with Gasteiger partial charge in [0.25, 0.3) is 5.91 Å². The molecule has 0 spiro atoms. The molecule has 0 aliphatic carbocycles. The first-order chi connectivity index (χ1) is 11.2. The Morgan fingerprint density at radius 2 is 2.12 bits per heavy atom. The van der Waals surface area contributed by atoms with Crippen molar-refractivity contribution >= 4 is 11.8 Å². The van der Waals surface area contributed by atoms with Crippen LogP contribution >= 0.6 is 0 Å². The zero-order chi connectivity index (χ0) is 17.7. The van der Waals surface area contributed by atoms with Crippen LogP contribution in [0.3, 0.4) is 0 Å². The molecule has 1 saturated heterocycles. The molecule has 134 valence electrons. The van der Waals surface area contributed by atoms with Gasteiger partial charge in [-0.15, -0.1) is 0 Å². The molecule has 1 aromatic rings. The van der Waals surface area contributed by atoms with Gasteiger partial charge in [0, 0.05) is 13.1 Å². The van der Waals surface area contributed by atoms with Gasteiger partial charge in [0.2, 0.25) is 5.91 Å². The maximum Gasteiger partial charge on any atom is 0.401 e. The van der Waals surface area contributed by atoms with Gasteiger partial charge in [-0.1, -0.05) is 0 Å². The van der Waals surface area contributed by atoms with Gasteiger partial charge < -0.3 is 15.1 Å². The Hall–Kier alpha value is -2.03. The van der Waals surface area contributed by atoms with Crippen LogP contribution < -0.4 is 10.6 Å². The first-order valence-electron chi connectivity index (χ1n) is 7.62. The van der Waals surface area contributed by atoms with Crippen LogP contribution in [0.15, 0.2) is 16.7 Å². The molecule has 1 atom stereocenters. The lowest BCUT2D eigenvalue weighted by atomic mass is 10.1. The van der Waals surface area contributed by atoms with Crippen molar-refractivity contribution in [2.45, 2.75) is 19.5 Å². The summed E-state index contributed by atoms with van der Waals surface area (Å²) in [7, 11) is 0. The Balaban J connectivity index is 1.65. The number of rotatable bonds is 6. The number of likely N-dealkylation sites (tertiary alicyclic amines) is 1. The highest BCUT2D eigenvalue weighted by Crippen LogP contribution is 2.22. The molecule has 2 rings (SSSR count). The first kappa shape index (κ1) is 18.3. The third-order valence-corrected chi connectivity index (χ3v) is 3.87. The molecular formula is C15H20F3N3O3. The minimum atomic E-state index is -4.20. The van der Waals surface area contributed by atoms with Crippen molar-refractivity contribution in [2.75, 3.05) is 32.7 Å². The maximum absolute atomic E-state index is 12.3. The van der Waals surface area contributed by atoms with E-state index in [-0.39, 0.29) is 18.4 Å². The van der Waals surface area contributed by atoms with Crippen LogP contribution in [0.2, 0.25) is 0 Å². The lowest BCUT2D eigenvalue weighted by Gasteiger charge is -2.18. The summed E-state index contributed by atoms with van der Waals surface area (Å²) in [5, 5.41) is 5.11. The number of amides is 2. The Morgan fingerprint density at radius 3 is 2.75 bits per heavy atom. The van der Waals surface area contributed by atoms with Crippen molar-refractivity contribution in [1.82, 2.24) is 15.5 Å². The molecule has 2 heterocycles. The molecule has 0 radical (unpaired) electrons. The summed E-state index contributed by atoms with van der Waals surface area (Å²) in [6.07, 6.45) is -2.21. The number of nitrogens with one attached hydrogen (secondary N) is 2. The lowest BCUT2D eigenvalue weighted by molar-refractivity contribution is -0.143. The molecule has 24 heavy (non-hydrogen) atoms. The largest absolute Gasteiger partial charge is 0.469 e. The zero-order valence-electron chi connectivity index (χ0n) is 13.3. The van der Waals surface area contributed by atoms with Gasteiger partial charge in [-0.3, -0.25) is 14.5 Å². The molecule has 1 aliphatic rings. The molecule has 1 aliphatic heterocycles. The lowest BCUT2D eigenvalue weighted by Crippen LogP contribution is -2.39. The van der Waals surface area contributed by atoms with E-state index in [0.717, 1.165) is 0 Å². The highest BCUT2D eigenvalue weighted by atomic mass is 19.4. The average Bonchev–Trinajstić information content (AvgIpc) is 3.09.